The summed E-state index contributed by atoms with van der Waals surface area (Å²) in [6.07, 6.45) is 3.74. The van der Waals surface area contributed by atoms with Gasteiger partial charge in [0, 0.05) is 59.6 Å². The van der Waals surface area contributed by atoms with Crippen LogP contribution in [0, 0.1) is 19.1 Å². The summed E-state index contributed by atoms with van der Waals surface area (Å²) in [5.74, 6) is 0. The fourth-order valence-corrected chi connectivity index (χ4v) is 6.33. The Labute approximate surface area is 305 Å². The number of pyridine rings is 2. The number of benzene rings is 5. The number of furan rings is 2. The van der Waals surface area contributed by atoms with E-state index in [1.54, 1.807) is 0 Å². The molecule has 0 saturated heterocycles. The molecule has 0 atom stereocenters. The minimum atomic E-state index is 0. The smallest absolute Gasteiger partial charge is 0.144 e. The first-order valence-electron chi connectivity index (χ1n) is 16.5. The van der Waals surface area contributed by atoms with E-state index in [4.69, 9.17) is 13.8 Å². The number of fused-ring (bicyclic) bond motifs is 6. The molecule has 247 valence electrons. The Hall–Kier alpha value is -5.35. The molecule has 9 rings (SSSR count). The molecule has 0 unspecified atom stereocenters. The molecule has 0 fully saturated rings. The Kier molecular flexibility index (Phi) is 8.96. The standard InChI is InChI=1S/C33H24NO2.C12H10N.Ir/c1-33(2,3)22-10-8-9-20(17-22)26-18-21(15-16-34-26)30-31-24-12-5-7-14-28(24)35-29(31)19-25-23-11-4-6-13-27(23)36-32(25)30;1-10-7-8-12(13-9-10)11-5-3-2-4-6-11;/h4-8,10-19H,1-3H3;2-5,7-9H,1H3;/q2*-1;. The van der Waals surface area contributed by atoms with Crippen molar-refractivity contribution in [3.05, 3.63) is 157 Å². The SMILES string of the molecule is CC(C)(C)c1cc[c-]c(-c2cc(-c3c4oc5ccccc5c4cc4oc5ccccc5c34)ccn2)c1.Cc1ccc(-c2[c-]cccc2)nc1.[Ir]. The number of hydrogen-bond donors (Lipinski definition) is 0. The normalized spacial score (nSPS) is 11.4. The van der Waals surface area contributed by atoms with Gasteiger partial charge in [-0.05, 0) is 59.1 Å². The van der Waals surface area contributed by atoms with Crippen LogP contribution < -0.4 is 0 Å². The average molecular weight is 827 g/mol. The number of nitrogens with zero attached hydrogens (tertiary/aromatic N) is 2. The number of rotatable bonds is 3. The largest absolute Gasteiger partial charge is 0.456 e. The summed E-state index contributed by atoms with van der Waals surface area (Å²) < 4.78 is 12.8. The maximum atomic E-state index is 6.50. The van der Waals surface area contributed by atoms with Gasteiger partial charge in [0.25, 0.3) is 0 Å². The van der Waals surface area contributed by atoms with Crippen molar-refractivity contribution in [3.8, 4) is 33.6 Å². The van der Waals surface area contributed by atoms with Gasteiger partial charge >= 0.3 is 0 Å². The fraction of sp³-hybridized carbons (Fsp3) is 0.111. The van der Waals surface area contributed by atoms with Crippen LogP contribution in [0.3, 0.4) is 0 Å². The quantitative estimate of drug-likeness (QED) is 0.167. The molecule has 1 radical (unpaired) electrons. The first kappa shape index (κ1) is 33.2. The molecule has 0 spiro atoms. The second kappa shape index (κ2) is 13.5. The van der Waals surface area contributed by atoms with E-state index in [1.807, 2.05) is 86.0 Å². The minimum Gasteiger partial charge on any atom is -0.456 e. The first-order chi connectivity index (χ1) is 23.8. The predicted octanol–water partition coefficient (Wildman–Crippen LogP) is 12.2. The molecule has 4 heterocycles. The molecule has 0 bridgehead atoms. The maximum absolute atomic E-state index is 6.50. The zero-order valence-corrected chi connectivity index (χ0v) is 30.6. The van der Waals surface area contributed by atoms with E-state index in [1.165, 1.54) is 11.1 Å². The molecule has 4 aromatic heterocycles. The molecule has 4 nitrogen and oxygen atoms in total. The van der Waals surface area contributed by atoms with Crippen LogP contribution in [0.1, 0.15) is 31.9 Å². The van der Waals surface area contributed by atoms with Crippen molar-refractivity contribution in [1.29, 1.82) is 0 Å². The summed E-state index contributed by atoms with van der Waals surface area (Å²) in [4.78, 5) is 9.04. The maximum Gasteiger partial charge on any atom is 0.144 e. The molecule has 0 aliphatic rings. The average Bonchev–Trinajstić information content (AvgIpc) is 3.69. The van der Waals surface area contributed by atoms with Crippen LogP contribution in [0.5, 0.6) is 0 Å². The third kappa shape index (κ3) is 6.27. The number of para-hydroxylation sites is 2. The van der Waals surface area contributed by atoms with Crippen molar-refractivity contribution in [2.45, 2.75) is 33.1 Å². The van der Waals surface area contributed by atoms with Gasteiger partial charge in [0.05, 0.1) is 0 Å². The zero-order chi connectivity index (χ0) is 33.5. The van der Waals surface area contributed by atoms with E-state index < -0.39 is 0 Å². The van der Waals surface area contributed by atoms with Gasteiger partial charge in [-0.25, -0.2) is 0 Å². The third-order valence-electron chi connectivity index (χ3n) is 8.90. The summed E-state index contributed by atoms with van der Waals surface area (Å²) in [6, 6.07) is 47.4. The second-order valence-electron chi connectivity index (χ2n) is 13.4. The number of aromatic nitrogens is 2. The van der Waals surface area contributed by atoms with Gasteiger partial charge in [-0.1, -0.05) is 75.4 Å². The molecule has 5 aromatic carbocycles. The Bertz CT molecular complexity index is 2590. The molecular formula is C45H34IrN2O2-2. The van der Waals surface area contributed by atoms with Crippen molar-refractivity contribution >= 4 is 43.9 Å². The van der Waals surface area contributed by atoms with Crippen LogP contribution in [0.4, 0.5) is 0 Å². The number of aryl methyl sites for hydroxylation is 1. The fourth-order valence-electron chi connectivity index (χ4n) is 6.33. The molecular weight excluding hydrogens is 793 g/mol. The zero-order valence-electron chi connectivity index (χ0n) is 28.2. The summed E-state index contributed by atoms with van der Waals surface area (Å²) in [6.45, 7) is 8.70. The molecule has 5 heteroatoms. The van der Waals surface area contributed by atoms with Crippen LogP contribution in [-0.4, -0.2) is 9.97 Å². The molecule has 0 N–H and O–H groups in total. The second-order valence-corrected chi connectivity index (χ2v) is 13.4. The molecule has 0 amide bonds. The van der Waals surface area contributed by atoms with E-state index in [-0.39, 0.29) is 25.5 Å². The van der Waals surface area contributed by atoms with Crippen LogP contribution in [0.2, 0.25) is 0 Å². The molecule has 0 aliphatic carbocycles. The van der Waals surface area contributed by atoms with Crippen molar-refractivity contribution in [1.82, 2.24) is 9.97 Å². The van der Waals surface area contributed by atoms with Gasteiger partial charge in [0.2, 0.25) is 0 Å². The minimum absolute atomic E-state index is 0. The Morgan fingerprint density at radius 3 is 2.08 bits per heavy atom. The van der Waals surface area contributed by atoms with Crippen LogP contribution in [-0.2, 0) is 25.5 Å². The summed E-state index contributed by atoms with van der Waals surface area (Å²) >= 11 is 0. The summed E-state index contributed by atoms with van der Waals surface area (Å²) in [5, 5.41) is 4.26. The van der Waals surface area contributed by atoms with E-state index in [0.29, 0.717) is 0 Å². The molecule has 0 saturated carbocycles. The van der Waals surface area contributed by atoms with Gasteiger partial charge in [-0.15, -0.1) is 71.3 Å². The van der Waals surface area contributed by atoms with Crippen molar-refractivity contribution in [2.24, 2.45) is 0 Å². The monoisotopic (exact) mass is 827 g/mol. The van der Waals surface area contributed by atoms with Crippen LogP contribution in [0.25, 0.3) is 77.5 Å². The number of hydrogen-bond acceptors (Lipinski definition) is 4. The van der Waals surface area contributed by atoms with E-state index >= 15 is 0 Å². The third-order valence-corrected chi connectivity index (χ3v) is 8.90. The van der Waals surface area contributed by atoms with Gasteiger partial charge in [-0.2, -0.15) is 0 Å². The molecule has 50 heavy (non-hydrogen) atoms. The van der Waals surface area contributed by atoms with Crippen molar-refractivity contribution in [3.63, 3.8) is 0 Å². The van der Waals surface area contributed by atoms with E-state index in [0.717, 1.165) is 77.5 Å². The summed E-state index contributed by atoms with van der Waals surface area (Å²) in [7, 11) is 0. The predicted molar refractivity (Wildman–Crippen MR) is 200 cm³/mol. The van der Waals surface area contributed by atoms with Gasteiger partial charge in [0.1, 0.15) is 22.3 Å². The molecule has 9 aromatic rings. The van der Waals surface area contributed by atoms with Crippen molar-refractivity contribution < 1.29 is 28.9 Å². The Balaban J connectivity index is 0.000000236. The Morgan fingerprint density at radius 1 is 0.600 bits per heavy atom. The summed E-state index contributed by atoms with van der Waals surface area (Å²) in [5.41, 5.74) is 11.9. The van der Waals surface area contributed by atoms with Gasteiger partial charge in [0.15, 0.2) is 0 Å². The van der Waals surface area contributed by atoms with Crippen molar-refractivity contribution in [2.75, 3.05) is 0 Å². The van der Waals surface area contributed by atoms with E-state index in [2.05, 4.69) is 92.5 Å². The van der Waals surface area contributed by atoms with Crippen LogP contribution >= 0.6 is 0 Å². The Morgan fingerprint density at radius 2 is 1.34 bits per heavy atom. The van der Waals surface area contributed by atoms with Gasteiger partial charge < -0.3 is 18.8 Å². The van der Waals surface area contributed by atoms with E-state index in [9.17, 15) is 0 Å². The van der Waals surface area contributed by atoms with Crippen LogP contribution in [0.15, 0.2) is 143 Å². The first-order valence-corrected chi connectivity index (χ1v) is 16.5. The topological polar surface area (TPSA) is 52.1 Å². The van der Waals surface area contributed by atoms with Gasteiger partial charge in [-0.3, -0.25) is 0 Å². The molecule has 0 aliphatic heterocycles.